The molecule has 0 saturated carbocycles. The van der Waals surface area contributed by atoms with E-state index in [0.29, 0.717) is 42.6 Å². The van der Waals surface area contributed by atoms with Crippen molar-refractivity contribution in [3.63, 3.8) is 0 Å². The molecule has 2 rings (SSSR count). The van der Waals surface area contributed by atoms with Crippen LogP contribution in [0.5, 0.6) is 11.5 Å². The molecule has 13 nitrogen and oxygen atoms in total. The molecule has 1 aromatic carbocycles. The van der Waals surface area contributed by atoms with Crippen LogP contribution >= 0.6 is 0 Å². The number of allylic oxidation sites excluding steroid dienone is 2. The van der Waals surface area contributed by atoms with Crippen LogP contribution in [0.15, 0.2) is 11.6 Å². The Morgan fingerprint density at radius 1 is 0.840 bits per heavy atom. The van der Waals surface area contributed by atoms with E-state index in [0.717, 1.165) is 36.8 Å². The minimum Gasteiger partial charge on any atom is -0.496 e. The maximum absolute atomic E-state index is 13.1. The number of carbonyl (C=O) groups excluding carboxylic acids is 6. The van der Waals surface area contributed by atoms with Gasteiger partial charge in [-0.1, -0.05) is 37.3 Å². The van der Waals surface area contributed by atoms with Crippen LogP contribution in [-0.4, -0.2) is 69.4 Å². The number of benzene rings is 1. The Labute approximate surface area is 294 Å². The first kappa shape index (κ1) is 41.7. The maximum Gasteiger partial charge on any atom is 0.342 e. The lowest BCUT2D eigenvalue weighted by molar-refractivity contribution is -0.172. The third-order valence-electron chi connectivity index (χ3n) is 8.40. The molecule has 50 heavy (non-hydrogen) atoms. The van der Waals surface area contributed by atoms with Crippen molar-refractivity contribution in [2.75, 3.05) is 27.4 Å². The zero-order valence-corrected chi connectivity index (χ0v) is 30.7. The smallest absolute Gasteiger partial charge is 0.342 e. The van der Waals surface area contributed by atoms with Crippen LogP contribution in [0.25, 0.3) is 0 Å². The molecular formula is C37H52O13. The highest BCUT2D eigenvalue weighted by molar-refractivity contribution is 5.99. The van der Waals surface area contributed by atoms with Gasteiger partial charge in [0.25, 0.3) is 0 Å². The van der Waals surface area contributed by atoms with Gasteiger partial charge in [-0.15, -0.1) is 0 Å². The Bertz CT molecular complexity index is 1400. The van der Waals surface area contributed by atoms with Crippen LogP contribution in [0.2, 0.25) is 0 Å². The van der Waals surface area contributed by atoms with E-state index in [1.807, 2.05) is 19.9 Å². The zero-order chi connectivity index (χ0) is 37.4. The van der Waals surface area contributed by atoms with Crippen molar-refractivity contribution >= 4 is 35.8 Å². The summed E-state index contributed by atoms with van der Waals surface area (Å²) in [7, 11) is 2.86. The number of hydrogen-bond acceptors (Lipinski definition) is 13. The summed E-state index contributed by atoms with van der Waals surface area (Å²) in [6.45, 7) is 9.35. The standard InChI is InChI=1S/C37H52O13/c1-23(16-18-30(40)44-7)15-17-28-33(45-8)24(2)29-22-48-35(42)32(29)34(28)50-31(41)14-12-10-9-11-13-19-37(5,6)36(43)49-27(20-46-25(3)38)21-47-26(4)39/h15,27H,9-14,16-22H2,1-8H3/b23-15+. The molecule has 0 spiro atoms. The van der Waals surface area contributed by atoms with Gasteiger partial charge in [0.2, 0.25) is 0 Å². The lowest BCUT2D eigenvalue weighted by atomic mass is 9.87. The van der Waals surface area contributed by atoms with Crippen LogP contribution in [0, 0.1) is 12.3 Å². The number of cyclic esters (lactones) is 1. The fourth-order valence-electron chi connectivity index (χ4n) is 5.38. The summed E-state index contributed by atoms with van der Waals surface area (Å²) in [5, 5.41) is 0. The first-order valence-corrected chi connectivity index (χ1v) is 16.9. The maximum atomic E-state index is 13.1. The van der Waals surface area contributed by atoms with Gasteiger partial charge in [-0.05, 0) is 58.9 Å². The first-order chi connectivity index (χ1) is 23.6. The molecule has 0 amide bonds. The van der Waals surface area contributed by atoms with Crippen LogP contribution in [0.3, 0.4) is 0 Å². The second-order valence-corrected chi connectivity index (χ2v) is 13.0. The quantitative estimate of drug-likeness (QED) is 0.0494. The molecule has 1 aromatic rings. The number of carbonyl (C=O) groups is 6. The minimum absolute atomic E-state index is 0.0624. The molecule has 0 saturated heterocycles. The fourth-order valence-corrected chi connectivity index (χ4v) is 5.38. The van der Waals surface area contributed by atoms with Gasteiger partial charge in [0.1, 0.15) is 31.1 Å². The van der Waals surface area contributed by atoms with E-state index in [4.69, 9.17) is 33.2 Å². The highest BCUT2D eigenvalue weighted by Gasteiger charge is 2.34. The van der Waals surface area contributed by atoms with Gasteiger partial charge in [-0.25, -0.2) is 4.79 Å². The Morgan fingerprint density at radius 2 is 1.46 bits per heavy atom. The highest BCUT2D eigenvalue weighted by Crippen LogP contribution is 2.43. The van der Waals surface area contributed by atoms with E-state index < -0.39 is 41.4 Å². The van der Waals surface area contributed by atoms with Crippen LogP contribution in [-0.2, 0) is 60.7 Å². The Balaban J connectivity index is 1.94. The summed E-state index contributed by atoms with van der Waals surface area (Å²) in [4.78, 5) is 72.7. The molecule has 0 bridgehead atoms. The van der Waals surface area contributed by atoms with Gasteiger partial charge in [-0.3, -0.25) is 24.0 Å². The average Bonchev–Trinajstić information content (AvgIpc) is 3.45. The van der Waals surface area contributed by atoms with Gasteiger partial charge in [0.15, 0.2) is 11.9 Å². The SMILES string of the molecule is COC(=O)CC/C(C)=C/Cc1c(OC)c(C)c2c(c1OC(=O)CCCCCCCC(C)(C)C(=O)OC(COC(C)=O)COC(C)=O)C(=O)OC2. The van der Waals surface area contributed by atoms with E-state index >= 15 is 0 Å². The number of hydrogen-bond donors (Lipinski definition) is 0. The number of unbranched alkanes of at least 4 members (excludes halogenated alkanes) is 4. The van der Waals surface area contributed by atoms with Gasteiger partial charge in [0, 0.05) is 37.8 Å². The molecule has 13 heteroatoms. The molecular weight excluding hydrogens is 652 g/mol. The highest BCUT2D eigenvalue weighted by atomic mass is 16.6. The molecule has 1 heterocycles. The molecule has 0 N–H and O–H groups in total. The van der Waals surface area contributed by atoms with Gasteiger partial charge >= 0.3 is 35.8 Å². The number of fused-ring (bicyclic) bond motifs is 1. The zero-order valence-electron chi connectivity index (χ0n) is 30.7. The Morgan fingerprint density at radius 3 is 2.06 bits per heavy atom. The molecule has 0 unspecified atom stereocenters. The molecule has 1 aliphatic rings. The first-order valence-electron chi connectivity index (χ1n) is 16.9. The van der Waals surface area contributed by atoms with Gasteiger partial charge < -0.3 is 33.2 Å². The van der Waals surface area contributed by atoms with Crippen molar-refractivity contribution in [3.05, 3.63) is 33.9 Å². The van der Waals surface area contributed by atoms with E-state index in [2.05, 4.69) is 0 Å². The third-order valence-corrected chi connectivity index (χ3v) is 8.40. The van der Waals surface area contributed by atoms with E-state index in [9.17, 15) is 28.8 Å². The monoisotopic (exact) mass is 704 g/mol. The van der Waals surface area contributed by atoms with E-state index in [-0.39, 0.29) is 49.9 Å². The normalized spacial score (nSPS) is 12.6. The van der Waals surface area contributed by atoms with E-state index in [1.165, 1.54) is 28.1 Å². The second kappa shape index (κ2) is 20.3. The van der Waals surface area contributed by atoms with Crippen molar-refractivity contribution in [1.82, 2.24) is 0 Å². The molecule has 278 valence electrons. The van der Waals surface area contributed by atoms with E-state index in [1.54, 1.807) is 13.8 Å². The number of rotatable bonds is 21. The summed E-state index contributed by atoms with van der Waals surface area (Å²) >= 11 is 0. The predicted molar refractivity (Wildman–Crippen MR) is 180 cm³/mol. The molecule has 0 atom stereocenters. The molecule has 0 aromatic heterocycles. The van der Waals surface area contributed by atoms with Crippen LogP contribution < -0.4 is 9.47 Å². The molecule has 1 aliphatic heterocycles. The summed E-state index contributed by atoms with van der Waals surface area (Å²) in [5.74, 6) is -2.26. The van der Waals surface area contributed by atoms with Crippen molar-refractivity contribution in [1.29, 1.82) is 0 Å². The van der Waals surface area contributed by atoms with Crippen molar-refractivity contribution in [2.24, 2.45) is 5.41 Å². The van der Waals surface area contributed by atoms with Crippen molar-refractivity contribution in [2.45, 2.75) is 118 Å². The largest absolute Gasteiger partial charge is 0.496 e. The minimum atomic E-state index is -0.906. The number of methoxy groups -OCH3 is 2. The molecule has 0 fully saturated rings. The van der Waals surface area contributed by atoms with Crippen molar-refractivity contribution < 1.29 is 61.9 Å². The van der Waals surface area contributed by atoms with Crippen LogP contribution in [0.4, 0.5) is 0 Å². The van der Waals surface area contributed by atoms with Crippen LogP contribution in [0.1, 0.15) is 119 Å². The predicted octanol–water partition coefficient (Wildman–Crippen LogP) is 5.82. The summed E-state index contributed by atoms with van der Waals surface area (Å²) in [5.41, 5.74) is 2.26. The second-order valence-electron chi connectivity index (χ2n) is 13.0. The summed E-state index contributed by atoms with van der Waals surface area (Å²) in [6.07, 6.45) is 6.40. The van der Waals surface area contributed by atoms with Gasteiger partial charge in [-0.2, -0.15) is 0 Å². The lowest BCUT2D eigenvalue weighted by Gasteiger charge is -2.26. The Kier molecular flexibility index (Phi) is 17.0. The number of ether oxygens (including phenoxy) is 7. The average molecular weight is 705 g/mol. The third kappa shape index (κ3) is 13.1. The summed E-state index contributed by atoms with van der Waals surface area (Å²) < 4.78 is 37.0. The van der Waals surface area contributed by atoms with Crippen molar-refractivity contribution in [3.8, 4) is 11.5 Å². The topological polar surface area (TPSA) is 167 Å². The lowest BCUT2D eigenvalue weighted by Crippen LogP contribution is -2.36. The molecule has 0 radical (unpaired) electrons. The number of esters is 6. The fraction of sp³-hybridized carbons (Fsp3) is 0.622. The molecule has 0 aliphatic carbocycles. The van der Waals surface area contributed by atoms with Gasteiger partial charge in [0.05, 0.1) is 19.6 Å². The Hall–Kier alpha value is -4.42. The summed E-state index contributed by atoms with van der Waals surface area (Å²) in [6, 6.07) is 0.